The van der Waals surface area contributed by atoms with Crippen LogP contribution in [-0.4, -0.2) is 48.4 Å². The number of nitrogens with one attached hydrogen (secondary N) is 1. The molecule has 2 aliphatic heterocycles. The lowest BCUT2D eigenvalue weighted by molar-refractivity contribution is -0.126. The molecule has 2 aliphatic rings. The third-order valence-corrected chi connectivity index (χ3v) is 5.98. The number of anilines is 1. The third-order valence-electron chi connectivity index (χ3n) is 5.98. The Balaban J connectivity index is 1.61. The Kier molecular flexibility index (Phi) is 5.11. The van der Waals surface area contributed by atoms with Crippen molar-refractivity contribution in [2.24, 2.45) is 5.92 Å². The Bertz CT molecular complexity index is 848. The standard InChI is InChI=1S/C22H27N3O3/c1-3-15(2)23-21(26)17-13-16-7-4-5-8-18(16)25-11-10-24(14-19(17)25)22(27)20-9-6-12-28-20/h4-9,12,15,17,19H,3,10-11,13-14H2,1-2H3,(H,23,26). The van der Waals surface area contributed by atoms with Crippen molar-refractivity contribution in [1.29, 1.82) is 0 Å². The summed E-state index contributed by atoms with van der Waals surface area (Å²) in [6, 6.07) is 11.8. The van der Waals surface area contributed by atoms with Gasteiger partial charge in [0.1, 0.15) is 0 Å². The molecule has 0 saturated carbocycles. The zero-order valence-electron chi connectivity index (χ0n) is 16.4. The minimum atomic E-state index is -0.184. The number of rotatable bonds is 4. The highest BCUT2D eigenvalue weighted by molar-refractivity contribution is 5.92. The molecule has 0 bridgehead atoms. The highest BCUT2D eigenvalue weighted by Crippen LogP contribution is 2.36. The maximum absolute atomic E-state index is 13.1. The lowest BCUT2D eigenvalue weighted by Gasteiger charge is -2.49. The van der Waals surface area contributed by atoms with Crippen LogP contribution in [0.2, 0.25) is 0 Å². The van der Waals surface area contributed by atoms with Gasteiger partial charge < -0.3 is 19.5 Å². The quantitative estimate of drug-likeness (QED) is 0.884. The van der Waals surface area contributed by atoms with Crippen LogP contribution in [0.3, 0.4) is 0 Å². The third kappa shape index (κ3) is 3.39. The molecule has 1 N–H and O–H groups in total. The van der Waals surface area contributed by atoms with E-state index in [1.165, 1.54) is 17.5 Å². The molecule has 1 aromatic heterocycles. The van der Waals surface area contributed by atoms with E-state index >= 15 is 0 Å². The van der Waals surface area contributed by atoms with Crippen LogP contribution in [0.5, 0.6) is 0 Å². The van der Waals surface area contributed by atoms with Gasteiger partial charge in [0.15, 0.2) is 5.76 Å². The topological polar surface area (TPSA) is 65.8 Å². The second-order valence-electron chi connectivity index (χ2n) is 7.75. The Labute approximate surface area is 165 Å². The predicted molar refractivity (Wildman–Crippen MR) is 107 cm³/mol. The molecule has 6 nitrogen and oxygen atoms in total. The molecule has 1 saturated heterocycles. The van der Waals surface area contributed by atoms with Crippen LogP contribution in [0, 0.1) is 5.92 Å². The van der Waals surface area contributed by atoms with Crippen LogP contribution >= 0.6 is 0 Å². The predicted octanol–water partition coefficient (Wildman–Crippen LogP) is 2.70. The summed E-state index contributed by atoms with van der Waals surface area (Å²) < 4.78 is 5.30. The van der Waals surface area contributed by atoms with Crippen molar-refractivity contribution in [3.8, 4) is 0 Å². The van der Waals surface area contributed by atoms with Crippen LogP contribution in [0.25, 0.3) is 0 Å². The molecule has 4 rings (SSSR count). The monoisotopic (exact) mass is 381 g/mol. The second kappa shape index (κ2) is 7.70. The Morgan fingerprint density at radius 2 is 2.04 bits per heavy atom. The summed E-state index contributed by atoms with van der Waals surface area (Å²) in [6.07, 6.45) is 3.11. The molecule has 0 aliphatic carbocycles. The van der Waals surface area contributed by atoms with Gasteiger partial charge in [-0.1, -0.05) is 25.1 Å². The van der Waals surface area contributed by atoms with E-state index in [2.05, 4.69) is 29.3 Å². The Hall–Kier alpha value is -2.76. The van der Waals surface area contributed by atoms with Gasteiger partial charge in [-0.05, 0) is 43.5 Å². The largest absolute Gasteiger partial charge is 0.459 e. The molecule has 3 heterocycles. The van der Waals surface area contributed by atoms with Crippen LogP contribution in [0.15, 0.2) is 47.1 Å². The maximum atomic E-state index is 13.1. The summed E-state index contributed by atoms with van der Waals surface area (Å²) in [5.74, 6) is 0.136. The lowest BCUT2D eigenvalue weighted by atomic mass is 9.83. The first-order valence-corrected chi connectivity index (χ1v) is 10.1. The zero-order chi connectivity index (χ0) is 19.7. The number of hydrogen-bond donors (Lipinski definition) is 1. The normalized spacial score (nSPS) is 22.2. The number of carbonyl (C=O) groups is 2. The van der Waals surface area contributed by atoms with Crippen LogP contribution in [0.1, 0.15) is 36.4 Å². The molecule has 3 atom stereocenters. The fourth-order valence-electron chi connectivity index (χ4n) is 4.25. The first-order valence-electron chi connectivity index (χ1n) is 10.1. The van der Waals surface area contributed by atoms with E-state index in [9.17, 15) is 9.59 Å². The van der Waals surface area contributed by atoms with Gasteiger partial charge in [0, 0.05) is 31.4 Å². The fraction of sp³-hybridized carbons (Fsp3) is 0.455. The van der Waals surface area contributed by atoms with Gasteiger partial charge in [-0.3, -0.25) is 9.59 Å². The first-order chi connectivity index (χ1) is 13.6. The van der Waals surface area contributed by atoms with Crippen LogP contribution in [0.4, 0.5) is 5.69 Å². The second-order valence-corrected chi connectivity index (χ2v) is 7.75. The van der Waals surface area contributed by atoms with E-state index in [4.69, 9.17) is 4.42 Å². The number of benzene rings is 1. The van der Waals surface area contributed by atoms with E-state index in [0.29, 0.717) is 31.8 Å². The fourth-order valence-corrected chi connectivity index (χ4v) is 4.25. The van der Waals surface area contributed by atoms with E-state index in [-0.39, 0.29) is 29.8 Å². The van der Waals surface area contributed by atoms with E-state index in [1.54, 1.807) is 12.1 Å². The van der Waals surface area contributed by atoms with E-state index in [1.807, 2.05) is 24.0 Å². The van der Waals surface area contributed by atoms with Gasteiger partial charge in [0.2, 0.25) is 5.91 Å². The zero-order valence-corrected chi connectivity index (χ0v) is 16.4. The number of hydrogen-bond acceptors (Lipinski definition) is 4. The summed E-state index contributed by atoms with van der Waals surface area (Å²) in [5, 5.41) is 3.15. The number of piperazine rings is 1. The Morgan fingerprint density at radius 1 is 1.21 bits per heavy atom. The molecule has 6 heteroatoms. The van der Waals surface area contributed by atoms with Crippen molar-refractivity contribution < 1.29 is 14.0 Å². The lowest BCUT2D eigenvalue weighted by Crippen LogP contribution is -2.62. The minimum absolute atomic E-state index is 0.0355. The van der Waals surface area contributed by atoms with Crippen LogP contribution < -0.4 is 10.2 Å². The number of amides is 2. The average molecular weight is 381 g/mol. The van der Waals surface area contributed by atoms with Crippen molar-refractivity contribution in [2.45, 2.75) is 38.8 Å². The molecule has 0 radical (unpaired) electrons. The molecular formula is C22H27N3O3. The van der Waals surface area contributed by atoms with E-state index < -0.39 is 0 Å². The number of carbonyl (C=O) groups excluding carboxylic acids is 2. The summed E-state index contributed by atoms with van der Waals surface area (Å²) in [5.41, 5.74) is 2.39. The van der Waals surface area contributed by atoms with Gasteiger partial charge in [-0.25, -0.2) is 0 Å². The number of para-hydroxylation sites is 1. The van der Waals surface area contributed by atoms with Gasteiger partial charge in [0.25, 0.3) is 5.91 Å². The van der Waals surface area contributed by atoms with Crippen LogP contribution in [-0.2, 0) is 11.2 Å². The average Bonchev–Trinajstić information content (AvgIpc) is 3.26. The number of fused-ring (bicyclic) bond motifs is 3. The van der Waals surface area contributed by atoms with Gasteiger partial charge in [-0.15, -0.1) is 0 Å². The summed E-state index contributed by atoms with van der Waals surface area (Å²) in [6.45, 7) is 5.94. The molecule has 2 aromatic rings. The molecule has 3 unspecified atom stereocenters. The van der Waals surface area contributed by atoms with Crippen molar-refractivity contribution in [2.75, 3.05) is 24.5 Å². The number of nitrogens with zero attached hydrogens (tertiary/aromatic N) is 2. The maximum Gasteiger partial charge on any atom is 0.289 e. The van der Waals surface area contributed by atoms with Gasteiger partial charge >= 0.3 is 0 Å². The summed E-state index contributed by atoms with van der Waals surface area (Å²) in [7, 11) is 0. The van der Waals surface area contributed by atoms with Gasteiger partial charge in [-0.2, -0.15) is 0 Å². The van der Waals surface area contributed by atoms with Crippen molar-refractivity contribution in [3.63, 3.8) is 0 Å². The van der Waals surface area contributed by atoms with Gasteiger partial charge in [0.05, 0.1) is 18.2 Å². The molecule has 2 amide bonds. The summed E-state index contributed by atoms with van der Waals surface area (Å²) >= 11 is 0. The van der Waals surface area contributed by atoms with Crippen molar-refractivity contribution >= 4 is 17.5 Å². The number of furan rings is 1. The summed E-state index contributed by atoms with van der Waals surface area (Å²) in [4.78, 5) is 30.0. The molecular weight excluding hydrogens is 354 g/mol. The van der Waals surface area contributed by atoms with Crippen molar-refractivity contribution in [1.82, 2.24) is 10.2 Å². The SMILES string of the molecule is CCC(C)NC(=O)C1Cc2ccccc2N2CCN(C(=O)c3ccco3)CC12. The molecule has 148 valence electrons. The molecule has 1 aromatic carbocycles. The first kappa shape index (κ1) is 18.6. The molecule has 28 heavy (non-hydrogen) atoms. The van der Waals surface area contributed by atoms with E-state index in [0.717, 1.165) is 6.42 Å². The highest BCUT2D eigenvalue weighted by atomic mass is 16.3. The minimum Gasteiger partial charge on any atom is -0.459 e. The molecule has 0 spiro atoms. The Morgan fingerprint density at radius 3 is 2.79 bits per heavy atom. The molecule has 1 fully saturated rings. The van der Waals surface area contributed by atoms with Crippen molar-refractivity contribution in [3.05, 3.63) is 54.0 Å². The highest BCUT2D eigenvalue weighted by Gasteiger charge is 2.42. The smallest absolute Gasteiger partial charge is 0.289 e.